The van der Waals surface area contributed by atoms with Crippen molar-refractivity contribution >= 4 is 53.7 Å². The third-order valence-electron chi connectivity index (χ3n) is 5.45. The predicted molar refractivity (Wildman–Crippen MR) is 124 cm³/mol. The van der Waals surface area contributed by atoms with Gasteiger partial charge in [-0.25, -0.2) is 5.48 Å². The summed E-state index contributed by atoms with van der Waals surface area (Å²) in [4.78, 5) is 38.5. The first-order valence-electron chi connectivity index (χ1n) is 10.3. The molecule has 2 aliphatic rings. The van der Waals surface area contributed by atoms with Crippen LogP contribution in [0.4, 0.5) is 0 Å². The summed E-state index contributed by atoms with van der Waals surface area (Å²) < 4.78 is -0.0817. The van der Waals surface area contributed by atoms with E-state index in [1.165, 1.54) is 0 Å². The van der Waals surface area contributed by atoms with Crippen LogP contribution in [0.2, 0.25) is 0 Å². The molecule has 0 aliphatic carbocycles. The van der Waals surface area contributed by atoms with Gasteiger partial charge in [0.1, 0.15) is 6.04 Å². The zero-order chi connectivity index (χ0) is 21.4. The number of thioether (sulfide) groups is 2. The molecule has 3 amide bonds. The number of hydroxylamine groups is 1. The van der Waals surface area contributed by atoms with Crippen molar-refractivity contribution in [2.24, 2.45) is 11.7 Å². The SMILES string of the molecule is CC(C)[C@H](N)C(=O)N1CC2(C[C@H]1C(=O)NCCCCCCC(=O)NO)SCCS2.Cl. The van der Waals surface area contributed by atoms with E-state index in [1.807, 2.05) is 37.4 Å². The highest BCUT2D eigenvalue weighted by Crippen LogP contribution is 2.51. The molecule has 5 N–H and O–H groups in total. The largest absolute Gasteiger partial charge is 0.354 e. The molecule has 2 fully saturated rings. The Hall–Kier alpha value is -0.680. The van der Waals surface area contributed by atoms with E-state index in [0.717, 1.165) is 30.8 Å². The van der Waals surface area contributed by atoms with Gasteiger partial charge in [-0.05, 0) is 18.8 Å². The van der Waals surface area contributed by atoms with Gasteiger partial charge in [0, 0.05) is 37.4 Å². The van der Waals surface area contributed by atoms with Crippen LogP contribution in [0.5, 0.6) is 0 Å². The average molecular weight is 483 g/mol. The number of amides is 3. The number of nitrogens with two attached hydrogens (primary N) is 1. The van der Waals surface area contributed by atoms with Gasteiger partial charge in [-0.2, -0.15) is 0 Å². The number of unbranched alkanes of at least 4 members (excludes halogenated alkanes) is 3. The van der Waals surface area contributed by atoms with Crippen LogP contribution >= 0.6 is 35.9 Å². The minimum absolute atomic E-state index is 0. The van der Waals surface area contributed by atoms with Crippen molar-refractivity contribution in [2.75, 3.05) is 24.6 Å². The molecule has 2 aliphatic heterocycles. The molecule has 1 spiro atoms. The molecule has 0 unspecified atom stereocenters. The summed E-state index contributed by atoms with van der Waals surface area (Å²) in [6, 6.07) is -1.05. The monoisotopic (exact) mass is 482 g/mol. The first-order valence-corrected chi connectivity index (χ1v) is 12.3. The Morgan fingerprint density at radius 1 is 1.17 bits per heavy atom. The van der Waals surface area contributed by atoms with E-state index in [1.54, 1.807) is 10.4 Å². The number of likely N-dealkylation sites (tertiary alicyclic amines) is 1. The third-order valence-corrected chi connectivity index (χ3v) is 8.87. The van der Waals surface area contributed by atoms with Crippen LogP contribution in [-0.4, -0.2) is 68.6 Å². The Balaban J connectivity index is 0.00000450. The number of carbonyl (C=O) groups excluding carboxylic acids is 3. The van der Waals surface area contributed by atoms with E-state index in [-0.39, 0.29) is 40.1 Å². The van der Waals surface area contributed by atoms with Crippen LogP contribution in [-0.2, 0) is 14.4 Å². The van der Waals surface area contributed by atoms with Crippen molar-refractivity contribution in [1.29, 1.82) is 0 Å². The number of carbonyl (C=O) groups is 3. The summed E-state index contributed by atoms with van der Waals surface area (Å²) in [7, 11) is 0. The number of hydrogen-bond donors (Lipinski definition) is 4. The molecule has 11 heteroatoms. The van der Waals surface area contributed by atoms with E-state index >= 15 is 0 Å². The highest BCUT2D eigenvalue weighted by Gasteiger charge is 2.51. The van der Waals surface area contributed by atoms with Crippen molar-refractivity contribution in [3.05, 3.63) is 0 Å². The van der Waals surface area contributed by atoms with Gasteiger partial charge in [0.15, 0.2) is 0 Å². The average Bonchev–Trinajstić information content (AvgIpc) is 3.32. The Bertz CT molecular complexity index is 591. The van der Waals surface area contributed by atoms with Crippen LogP contribution in [0.15, 0.2) is 0 Å². The summed E-state index contributed by atoms with van der Waals surface area (Å²) in [6.07, 6.45) is 4.23. The molecule has 0 radical (unpaired) electrons. The molecule has 2 rings (SSSR count). The lowest BCUT2D eigenvalue weighted by Crippen LogP contribution is -2.52. The molecule has 8 nitrogen and oxygen atoms in total. The molecule has 0 saturated carbocycles. The standard InChI is InChI=1S/C19H34N4O4S2.ClH/c1-13(2)16(20)18(26)23-12-19(28-9-10-29-19)11-14(23)17(25)21-8-6-4-3-5-7-15(24)22-27;/h13-14,16,27H,3-12,20H2,1-2H3,(H,21,25)(H,22,24);1H/t14-,16-;/m0./s1. The Morgan fingerprint density at radius 2 is 1.80 bits per heavy atom. The van der Waals surface area contributed by atoms with Crippen molar-refractivity contribution in [3.63, 3.8) is 0 Å². The van der Waals surface area contributed by atoms with Crippen LogP contribution < -0.4 is 16.5 Å². The topological polar surface area (TPSA) is 125 Å². The lowest BCUT2D eigenvalue weighted by atomic mass is 10.0. The zero-order valence-corrected chi connectivity index (χ0v) is 20.2. The fourth-order valence-electron chi connectivity index (χ4n) is 3.64. The maximum absolute atomic E-state index is 12.9. The van der Waals surface area contributed by atoms with E-state index in [4.69, 9.17) is 10.9 Å². The zero-order valence-electron chi connectivity index (χ0n) is 17.7. The summed E-state index contributed by atoms with van der Waals surface area (Å²) >= 11 is 3.71. The Kier molecular flexibility index (Phi) is 11.9. The van der Waals surface area contributed by atoms with E-state index < -0.39 is 12.1 Å². The van der Waals surface area contributed by atoms with E-state index in [2.05, 4.69) is 5.32 Å². The normalized spacial score (nSPS) is 20.8. The predicted octanol–water partition coefficient (Wildman–Crippen LogP) is 1.74. The van der Waals surface area contributed by atoms with Crippen molar-refractivity contribution in [1.82, 2.24) is 15.7 Å². The summed E-state index contributed by atoms with van der Waals surface area (Å²) in [5, 5.41) is 11.4. The Morgan fingerprint density at radius 3 is 2.40 bits per heavy atom. The molecule has 2 saturated heterocycles. The van der Waals surface area contributed by atoms with Crippen LogP contribution in [0.3, 0.4) is 0 Å². The maximum atomic E-state index is 12.9. The fraction of sp³-hybridized carbons (Fsp3) is 0.842. The lowest BCUT2D eigenvalue weighted by Gasteiger charge is -2.28. The smallest absolute Gasteiger partial charge is 0.243 e. The van der Waals surface area contributed by atoms with Gasteiger partial charge in [-0.1, -0.05) is 26.7 Å². The highest BCUT2D eigenvalue weighted by molar-refractivity contribution is 8.21. The summed E-state index contributed by atoms with van der Waals surface area (Å²) in [6.45, 7) is 4.97. The quantitative estimate of drug-likeness (QED) is 0.212. The van der Waals surface area contributed by atoms with Gasteiger partial charge in [-0.15, -0.1) is 35.9 Å². The number of nitrogens with zero attached hydrogens (tertiary/aromatic N) is 1. The second-order valence-electron chi connectivity index (χ2n) is 8.05. The molecule has 0 aromatic rings. The van der Waals surface area contributed by atoms with Gasteiger partial charge in [0.2, 0.25) is 17.7 Å². The van der Waals surface area contributed by atoms with Gasteiger partial charge in [0.05, 0.1) is 10.1 Å². The van der Waals surface area contributed by atoms with Gasteiger partial charge >= 0.3 is 0 Å². The Labute approximate surface area is 193 Å². The van der Waals surface area contributed by atoms with Crippen molar-refractivity contribution in [3.8, 4) is 0 Å². The third kappa shape index (κ3) is 7.47. The molecule has 0 aromatic heterocycles. The molecule has 2 heterocycles. The second kappa shape index (κ2) is 13.0. The summed E-state index contributed by atoms with van der Waals surface area (Å²) in [5.41, 5.74) is 7.73. The minimum atomic E-state index is -0.590. The molecule has 0 aromatic carbocycles. The van der Waals surface area contributed by atoms with E-state index in [9.17, 15) is 14.4 Å². The molecule has 2 atom stereocenters. The maximum Gasteiger partial charge on any atom is 0.243 e. The van der Waals surface area contributed by atoms with Crippen LogP contribution in [0.1, 0.15) is 52.4 Å². The van der Waals surface area contributed by atoms with E-state index in [0.29, 0.717) is 32.4 Å². The van der Waals surface area contributed by atoms with Crippen molar-refractivity contribution in [2.45, 2.75) is 68.5 Å². The summed E-state index contributed by atoms with van der Waals surface area (Å²) in [5.74, 6) is 1.52. The van der Waals surface area contributed by atoms with Crippen molar-refractivity contribution < 1.29 is 19.6 Å². The fourth-order valence-corrected chi connectivity index (χ4v) is 6.89. The lowest BCUT2D eigenvalue weighted by molar-refractivity contribution is -0.140. The molecule has 174 valence electrons. The van der Waals surface area contributed by atoms with Gasteiger partial charge in [0.25, 0.3) is 0 Å². The number of nitrogens with one attached hydrogen (secondary N) is 2. The number of halogens is 1. The minimum Gasteiger partial charge on any atom is -0.354 e. The highest BCUT2D eigenvalue weighted by atomic mass is 35.5. The number of hydrogen-bond acceptors (Lipinski definition) is 7. The molecular formula is C19H35ClN4O4S2. The van der Waals surface area contributed by atoms with Gasteiger partial charge < -0.3 is 16.0 Å². The second-order valence-corrected chi connectivity index (χ2v) is 11.3. The molecular weight excluding hydrogens is 448 g/mol. The van der Waals surface area contributed by atoms with Crippen LogP contribution in [0.25, 0.3) is 0 Å². The molecule has 30 heavy (non-hydrogen) atoms. The van der Waals surface area contributed by atoms with Gasteiger partial charge in [-0.3, -0.25) is 19.6 Å². The first kappa shape index (κ1) is 27.4. The number of rotatable bonds is 10. The van der Waals surface area contributed by atoms with Crippen LogP contribution in [0, 0.1) is 5.92 Å². The first-order chi connectivity index (χ1) is 13.8. The molecule has 0 bridgehead atoms.